The minimum absolute atomic E-state index is 0.0363. The number of halogens is 2. The topological polar surface area (TPSA) is 51.2 Å². The van der Waals surface area contributed by atoms with E-state index in [4.69, 9.17) is 0 Å². The van der Waals surface area contributed by atoms with Crippen molar-refractivity contribution in [2.24, 2.45) is 5.92 Å². The van der Waals surface area contributed by atoms with Crippen LogP contribution >= 0.6 is 0 Å². The van der Waals surface area contributed by atoms with Gasteiger partial charge in [-0.15, -0.1) is 0 Å². The Morgan fingerprint density at radius 3 is 2.21 bits per heavy atom. The van der Waals surface area contributed by atoms with Crippen LogP contribution in [0.25, 0.3) is 0 Å². The van der Waals surface area contributed by atoms with Gasteiger partial charge in [0.25, 0.3) is 0 Å². The lowest BCUT2D eigenvalue weighted by molar-refractivity contribution is -0.142. The highest BCUT2D eigenvalue weighted by atomic mass is 19.1. The lowest BCUT2D eigenvalue weighted by Crippen LogP contribution is -2.36. The van der Waals surface area contributed by atoms with E-state index >= 15 is 0 Å². The van der Waals surface area contributed by atoms with Gasteiger partial charge in [0.05, 0.1) is 0 Å². The quantitative estimate of drug-likeness (QED) is 0.676. The molecule has 2 aromatic carbocycles. The zero-order valence-electron chi connectivity index (χ0n) is 15.7. The number of hydrogen-bond donors (Lipinski definition) is 0. The van der Waals surface area contributed by atoms with E-state index in [9.17, 15) is 23.2 Å². The van der Waals surface area contributed by atoms with Crippen LogP contribution in [0, 0.1) is 17.6 Å². The Bertz CT molecular complexity index is 873. The third kappa shape index (κ3) is 4.41. The zero-order valence-corrected chi connectivity index (χ0v) is 15.7. The second-order valence-electron chi connectivity index (χ2n) is 7.39. The van der Waals surface area contributed by atoms with Crippen LogP contribution in [0.3, 0.4) is 0 Å². The van der Waals surface area contributed by atoms with Crippen LogP contribution in [0.4, 0.5) is 8.78 Å². The van der Waals surface area contributed by atoms with Crippen molar-refractivity contribution >= 4 is 17.3 Å². The van der Waals surface area contributed by atoms with Gasteiger partial charge >= 0.3 is 0 Å². The van der Waals surface area contributed by atoms with Crippen molar-refractivity contribution in [2.45, 2.75) is 44.4 Å². The molecule has 3 nitrogen and oxygen atoms in total. The fourth-order valence-corrected chi connectivity index (χ4v) is 3.91. The molecule has 1 fully saturated rings. The monoisotopic (exact) mass is 384 g/mol. The molecule has 0 amide bonds. The number of carbonyl (C=O) groups excluding carboxylic acids is 3. The fraction of sp³-hybridized carbons (Fsp3) is 0.348. The van der Waals surface area contributed by atoms with Crippen LogP contribution in [0.1, 0.15) is 55.6 Å². The first-order valence-electron chi connectivity index (χ1n) is 9.46. The van der Waals surface area contributed by atoms with Crippen molar-refractivity contribution < 1.29 is 23.2 Å². The summed E-state index contributed by atoms with van der Waals surface area (Å²) in [4.78, 5) is 37.2. The smallest absolute Gasteiger partial charge is 0.151 e. The summed E-state index contributed by atoms with van der Waals surface area (Å²) < 4.78 is 27.1. The molecule has 2 aromatic rings. The van der Waals surface area contributed by atoms with Crippen molar-refractivity contribution in [3.63, 3.8) is 0 Å². The predicted molar refractivity (Wildman–Crippen MR) is 101 cm³/mol. The Balaban J connectivity index is 1.92. The molecule has 0 saturated heterocycles. The normalized spacial score (nSPS) is 17.4. The molecule has 28 heavy (non-hydrogen) atoms. The second kappa shape index (κ2) is 8.55. The van der Waals surface area contributed by atoms with Gasteiger partial charge in [0, 0.05) is 19.3 Å². The minimum Gasteiger partial charge on any atom is -0.298 e. The highest BCUT2D eigenvalue weighted by Crippen LogP contribution is 2.37. The van der Waals surface area contributed by atoms with E-state index in [2.05, 4.69) is 0 Å². The standard InChI is InChI=1S/C23H22F2O3/c1-14(16-4-2-5-18(25)12-16)19(15-8-10-17(24)11-9-15)13-22(28)23-20(26)6-3-7-21(23)27/h2,4-5,8-12,14,19,23H,3,6-7,13H2,1H3. The Morgan fingerprint density at radius 1 is 0.964 bits per heavy atom. The fourth-order valence-electron chi connectivity index (χ4n) is 3.91. The SMILES string of the molecule is CC(c1cccc(F)c1)C(CC(=O)C1C(=O)CCCC1=O)c1ccc(F)cc1. The maximum atomic E-state index is 13.7. The average Bonchev–Trinajstić information content (AvgIpc) is 2.66. The van der Waals surface area contributed by atoms with Gasteiger partial charge in [-0.25, -0.2) is 8.78 Å². The van der Waals surface area contributed by atoms with Crippen LogP contribution in [0.2, 0.25) is 0 Å². The Morgan fingerprint density at radius 2 is 1.61 bits per heavy atom. The van der Waals surface area contributed by atoms with Crippen LogP contribution in [-0.2, 0) is 14.4 Å². The molecule has 146 valence electrons. The predicted octanol–water partition coefficient (Wildman–Crippen LogP) is 4.75. The van der Waals surface area contributed by atoms with Crippen molar-refractivity contribution in [2.75, 3.05) is 0 Å². The zero-order chi connectivity index (χ0) is 20.3. The Kier molecular flexibility index (Phi) is 6.12. The summed E-state index contributed by atoms with van der Waals surface area (Å²) >= 11 is 0. The summed E-state index contributed by atoms with van der Waals surface area (Å²) in [6, 6.07) is 11.9. The Labute approximate surface area is 162 Å². The largest absolute Gasteiger partial charge is 0.298 e. The van der Waals surface area contributed by atoms with Crippen LogP contribution < -0.4 is 0 Å². The molecule has 1 aliphatic carbocycles. The molecule has 5 heteroatoms. The van der Waals surface area contributed by atoms with E-state index in [1.54, 1.807) is 24.3 Å². The van der Waals surface area contributed by atoms with E-state index in [1.165, 1.54) is 24.3 Å². The lowest BCUT2D eigenvalue weighted by Gasteiger charge is -2.27. The van der Waals surface area contributed by atoms with Gasteiger partial charge in [0.15, 0.2) is 17.3 Å². The van der Waals surface area contributed by atoms with Gasteiger partial charge in [-0.3, -0.25) is 14.4 Å². The third-order valence-electron chi connectivity index (χ3n) is 5.51. The molecule has 0 aromatic heterocycles. The van der Waals surface area contributed by atoms with Crippen molar-refractivity contribution in [3.8, 4) is 0 Å². The van der Waals surface area contributed by atoms with E-state index in [-0.39, 0.29) is 42.6 Å². The summed E-state index contributed by atoms with van der Waals surface area (Å²) in [7, 11) is 0. The number of ketones is 3. The first kappa shape index (κ1) is 20.1. The molecule has 0 N–H and O–H groups in total. The molecule has 0 spiro atoms. The van der Waals surface area contributed by atoms with E-state index in [1.807, 2.05) is 6.92 Å². The van der Waals surface area contributed by atoms with E-state index in [0.29, 0.717) is 17.5 Å². The molecule has 0 aliphatic heterocycles. The molecule has 0 heterocycles. The van der Waals surface area contributed by atoms with Crippen molar-refractivity contribution in [3.05, 3.63) is 71.3 Å². The molecule has 2 atom stereocenters. The lowest BCUT2D eigenvalue weighted by atomic mass is 9.75. The summed E-state index contributed by atoms with van der Waals surface area (Å²) in [5, 5.41) is 0. The van der Waals surface area contributed by atoms with Gasteiger partial charge in [-0.2, -0.15) is 0 Å². The number of hydrogen-bond acceptors (Lipinski definition) is 3. The van der Waals surface area contributed by atoms with Crippen LogP contribution in [0.5, 0.6) is 0 Å². The molecule has 1 saturated carbocycles. The number of Topliss-reactive ketones (excluding diaryl/α,β-unsaturated/α-hetero) is 3. The maximum absolute atomic E-state index is 13.7. The first-order chi connectivity index (χ1) is 13.4. The first-order valence-corrected chi connectivity index (χ1v) is 9.46. The van der Waals surface area contributed by atoms with Gasteiger partial charge in [0.1, 0.15) is 17.6 Å². The second-order valence-corrected chi connectivity index (χ2v) is 7.39. The molecule has 0 bridgehead atoms. The number of rotatable bonds is 6. The maximum Gasteiger partial charge on any atom is 0.151 e. The summed E-state index contributed by atoms with van der Waals surface area (Å²) in [6.07, 6.45) is 0.930. The molecular weight excluding hydrogens is 362 g/mol. The van der Waals surface area contributed by atoms with Crippen LogP contribution in [0.15, 0.2) is 48.5 Å². The number of carbonyl (C=O) groups is 3. The number of benzene rings is 2. The molecule has 0 radical (unpaired) electrons. The van der Waals surface area contributed by atoms with Gasteiger partial charge in [-0.1, -0.05) is 31.2 Å². The van der Waals surface area contributed by atoms with Crippen molar-refractivity contribution in [1.29, 1.82) is 0 Å². The van der Waals surface area contributed by atoms with Crippen LogP contribution in [-0.4, -0.2) is 17.3 Å². The molecule has 3 rings (SSSR count). The van der Waals surface area contributed by atoms with Gasteiger partial charge in [-0.05, 0) is 53.6 Å². The highest BCUT2D eigenvalue weighted by Gasteiger charge is 2.37. The average molecular weight is 384 g/mol. The molecule has 2 unspecified atom stereocenters. The van der Waals surface area contributed by atoms with E-state index in [0.717, 1.165) is 0 Å². The van der Waals surface area contributed by atoms with E-state index < -0.39 is 23.4 Å². The van der Waals surface area contributed by atoms with Crippen molar-refractivity contribution in [1.82, 2.24) is 0 Å². The summed E-state index contributed by atoms with van der Waals surface area (Å²) in [5.74, 6) is -3.70. The van der Waals surface area contributed by atoms with Gasteiger partial charge in [0.2, 0.25) is 0 Å². The summed E-state index contributed by atoms with van der Waals surface area (Å²) in [5.41, 5.74) is 1.41. The van der Waals surface area contributed by atoms with Gasteiger partial charge < -0.3 is 0 Å². The summed E-state index contributed by atoms with van der Waals surface area (Å²) in [6.45, 7) is 1.86. The Hall–Kier alpha value is -2.69. The third-order valence-corrected chi connectivity index (χ3v) is 5.51. The molecule has 1 aliphatic rings. The molecular formula is C23H22F2O3. The minimum atomic E-state index is -1.20. The highest BCUT2D eigenvalue weighted by molar-refractivity contribution is 6.20.